The van der Waals surface area contributed by atoms with Crippen LogP contribution in [0.2, 0.25) is 0 Å². The molecule has 4 N–H and O–H groups in total. The summed E-state index contributed by atoms with van der Waals surface area (Å²) in [5, 5.41) is 14.3. The molecule has 0 aliphatic rings. The number of carboxylic acid groups (broad SMARTS) is 1. The molecule has 0 saturated heterocycles. The van der Waals surface area contributed by atoms with Gasteiger partial charge in [0.15, 0.2) is 0 Å². The third-order valence-corrected chi connectivity index (χ3v) is 2.84. The smallest absolute Gasteiger partial charge is 0.354 e. The van der Waals surface area contributed by atoms with Crippen LogP contribution in [0.15, 0.2) is 24.8 Å². The molecule has 2 amide bonds. The standard InChI is InChI=1S/C13H17N5O3/c1-8-5-10(11(15-8)12(19)20)17-13(21)16-9(2)6-18-4-3-14-7-18/h3-5,7,9,15H,6H2,1-2H3,(H,19,20)(H2,16,17,21). The number of carbonyl (C=O) groups is 2. The second kappa shape index (κ2) is 6.12. The van der Waals surface area contributed by atoms with Crippen LogP contribution in [0.1, 0.15) is 23.1 Å². The predicted octanol–water partition coefficient (Wildman–Crippen LogP) is 1.43. The van der Waals surface area contributed by atoms with Gasteiger partial charge in [-0.15, -0.1) is 0 Å². The first-order valence-corrected chi connectivity index (χ1v) is 6.42. The summed E-state index contributed by atoms with van der Waals surface area (Å²) in [5.41, 5.74) is 0.867. The lowest BCUT2D eigenvalue weighted by atomic mass is 10.3. The Bertz CT molecular complexity index is 632. The average molecular weight is 291 g/mol. The van der Waals surface area contributed by atoms with E-state index in [1.807, 2.05) is 11.5 Å². The zero-order chi connectivity index (χ0) is 15.4. The maximum Gasteiger partial charge on any atom is 0.354 e. The van der Waals surface area contributed by atoms with E-state index in [1.165, 1.54) is 0 Å². The molecule has 0 saturated carbocycles. The van der Waals surface area contributed by atoms with Gasteiger partial charge in [-0.05, 0) is 19.9 Å². The van der Waals surface area contributed by atoms with Crippen LogP contribution in [-0.2, 0) is 6.54 Å². The maximum absolute atomic E-state index is 11.9. The molecule has 1 unspecified atom stereocenters. The molecule has 8 nitrogen and oxygen atoms in total. The highest BCUT2D eigenvalue weighted by Crippen LogP contribution is 2.16. The fourth-order valence-electron chi connectivity index (χ4n) is 2.00. The summed E-state index contributed by atoms with van der Waals surface area (Å²) < 4.78 is 1.84. The lowest BCUT2D eigenvalue weighted by Crippen LogP contribution is -2.38. The number of nitrogens with zero attached hydrogens (tertiary/aromatic N) is 2. The maximum atomic E-state index is 11.9. The van der Waals surface area contributed by atoms with Gasteiger partial charge >= 0.3 is 12.0 Å². The van der Waals surface area contributed by atoms with Crippen molar-refractivity contribution in [1.82, 2.24) is 19.9 Å². The van der Waals surface area contributed by atoms with Gasteiger partial charge in [-0.25, -0.2) is 14.6 Å². The van der Waals surface area contributed by atoms with Crippen molar-refractivity contribution in [3.63, 3.8) is 0 Å². The van der Waals surface area contributed by atoms with E-state index in [0.717, 1.165) is 0 Å². The van der Waals surface area contributed by atoms with E-state index in [-0.39, 0.29) is 17.4 Å². The van der Waals surface area contributed by atoms with Gasteiger partial charge in [-0.2, -0.15) is 0 Å². The van der Waals surface area contributed by atoms with Crippen LogP contribution in [0, 0.1) is 6.92 Å². The topological polar surface area (TPSA) is 112 Å². The summed E-state index contributed by atoms with van der Waals surface area (Å²) in [5.74, 6) is -1.12. The number of H-pyrrole nitrogens is 1. The van der Waals surface area contributed by atoms with E-state index < -0.39 is 12.0 Å². The summed E-state index contributed by atoms with van der Waals surface area (Å²) in [6.07, 6.45) is 5.12. The first-order valence-electron chi connectivity index (χ1n) is 6.42. The molecular weight excluding hydrogens is 274 g/mol. The lowest BCUT2D eigenvalue weighted by Gasteiger charge is -2.14. The number of aromatic amines is 1. The highest BCUT2D eigenvalue weighted by Gasteiger charge is 2.16. The Balaban J connectivity index is 1.94. The number of hydrogen-bond acceptors (Lipinski definition) is 3. The molecule has 0 bridgehead atoms. The molecule has 112 valence electrons. The number of rotatable bonds is 5. The SMILES string of the molecule is Cc1cc(NC(=O)NC(C)Cn2ccnc2)c(C(=O)O)[nH]1. The Kier molecular flexibility index (Phi) is 4.27. The van der Waals surface area contributed by atoms with Crippen LogP contribution < -0.4 is 10.6 Å². The Morgan fingerprint density at radius 2 is 2.29 bits per heavy atom. The molecule has 0 radical (unpaired) electrons. The quantitative estimate of drug-likeness (QED) is 0.667. The molecule has 0 spiro atoms. The fourth-order valence-corrected chi connectivity index (χ4v) is 2.00. The van der Waals surface area contributed by atoms with E-state index in [9.17, 15) is 9.59 Å². The minimum absolute atomic E-state index is 0.0371. The van der Waals surface area contributed by atoms with Gasteiger partial charge in [0.1, 0.15) is 5.69 Å². The van der Waals surface area contributed by atoms with Gasteiger partial charge in [0.2, 0.25) is 0 Å². The Labute approximate surface area is 121 Å². The van der Waals surface area contributed by atoms with Gasteiger partial charge < -0.3 is 25.3 Å². The van der Waals surface area contributed by atoms with E-state index in [1.54, 1.807) is 31.7 Å². The highest BCUT2D eigenvalue weighted by atomic mass is 16.4. The van der Waals surface area contributed by atoms with E-state index in [4.69, 9.17) is 5.11 Å². The minimum atomic E-state index is -1.12. The Hall–Kier alpha value is -2.77. The molecule has 0 aliphatic carbocycles. The Morgan fingerprint density at radius 1 is 1.52 bits per heavy atom. The second-order valence-electron chi connectivity index (χ2n) is 4.81. The van der Waals surface area contributed by atoms with Crippen LogP contribution in [-0.4, -0.2) is 37.7 Å². The van der Waals surface area contributed by atoms with Gasteiger partial charge in [0.05, 0.1) is 12.0 Å². The number of amides is 2. The highest BCUT2D eigenvalue weighted by molar-refractivity contribution is 5.99. The van der Waals surface area contributed by atoms with Crippen molar-refractivity contribution in [2.45, 2.75) is 26.4 Å². The first kappa shape index (κ1) is 14.6. The molecule has 2 rings (SSSR count). The number of carboxylic acids is 1. The van der Waals surface area contributed by atoms with Gasteiger partial charge in [-0.3, -0.25) is 0 Å². The van der Waals surface area contributed by atoms with Crippen molar-refractivity contribution in [3.8, 4) is 0 Å². The molecule has 0 aromatic carbocycles. The summed E-state index contributed by atoms with van der Waals surface area (Å²) in [6, 6.07) is 0.987. The number of nitrogens with one attached hydrogen (secondary N) is 3. The van der Waals surface area contributed by atoms with E-state index in [0.29, 0.717) is 12.2 Å². The molecule has 2 aromatic rings. The fraction of sp³-hybridized carbons (Fsp3) is 0.308. The number of imidazole rings is 1. The lowest BCUT2D eigenvalue weighted by molar-refractivity contribution is 0.0692. The van der Waals surface area contributed by atoms with Crippen molar-refractivity contribution in [2.75, 3.05) is 5.32 Å². The van der Waals surface area contributed by atoms with Crippen molar-refractivity contribution in [1.29, 1.82) is 0 Å². The van der Waals surface area contributed by atoms with Gasteiger partial charge in [0, 0.05) is 30.7 Å². The van der Waals surface area contributed by atoms with Crippen molar-refractivity contribution >= 4 is 17.7 Å². The number of hydrogen-bond donors (Lipinski definition) is 4. The molecule has 2 aromatic heterocycles. The average Bonchev–Trinajstić information content (AvgIpc) is 2.98. The van der Waals surface area contributed by atoms with Crippen LogP contribution in [0.3, 0.4) is 0 Å². The predicted molar refractivity (Wildman–Crippen MR) is 76.3 cm³/mol. The molecule has 1 atom stereocenters. The molecule has 0 fully saturated rings. The monoisotopic (exact) mass is 291 g/mol. The van der Waals surface area contributed by atoms with Crippen molar-refractivity contribution in [3.05, 3.63) is 36.2 Å². The zero-order valence-corrected chi connectivity index (χ0v) is 11.8. The van der Waals surface area contributed by atoms with Crippen LogP contribution >= 0.6 is 0 Å². The number of aromatic nitrogens is 3. The van der Waals surface area contributed by atoms with Crippen molar-refractivity contribution in [2.24, 2.45) is 0 Å². The number of aromatic carboxylic acids is 1. The van der Waals surface area contributed by atoms with Crippen LogP contribution in [0.25, 0.3) is 0 Å². The summed E-state index contributed by atoms with van der Waals surface area (Å²) >= 11 is 0. The van der Waals surface area contributed by atoms with E-state index >= 15 is 0 Å². The van der Waals surface area contributed by atoms with Gasteiger partial charge in [0.25, 0.3) is 0 Å². The van der Waals surface area contributed by atoms with Crippen LogP contribution in [0.5, 0.6) is 0 Å². The summed E-state index contributed by atoms with van der Waals surface area (Å²) in [6.45, 7) is 4.14. The molecular formula is C13H17N5O3. The largest absolute Gasteiger partial charge is 0.477 e. The molecule has 8 heteroatoms. The second-order valence-corrected chi connectivity index (χ2v) is 4.81. The molecule has 2 heterocycles. The van der Waals surface area contributed by atoms with Crippen molar-refractivity contribution < 1.29 is 14.7 Å². The number of urea groups is 1. The minimum Gasteiger partial charge on any atom is -0.477 e. The third-order valence-electron chi connectivity index (χ3n) is 2.84. The molecule has 0 aliphatic heterocycles. The summed E-state index contributed by atoms with van der Waals surface area (Å²) in [4.78, 5) is 29.5. The zero-order valence-electron chi connectivity index (χ0n) is 11.8. The Morgan fingerprint density at radius 3 is 2.90 bits per heavy atom. The van der Waals surface area contributed by atoms with Gasteiger partial charge in [-0.1, -0.05) is 0 Å². The normalized spacial score (nSPS) is 11.9. The summed E-state index contributed by atoms with van der Waals surface area (Å²) in [7, 11) is 0. The number of anilines is 1. The number of carbonyl (C=O) groups excluding carboxylic acids is 1. The molecule has 21 heavy (non-hydrogen) atoms. The third kappa shape index (κ3) is 3.85. The van der Waals surface area contributed by atoms with E-state index in [2.05, 4.69) is 20.6 Å². The first-order chi connectivity index (χ1) is 9.95. The van der Waals surface area contributed by atoms with Crippen LogP contribution in [0.4, 0.5) is 10.5 Å². The number of aryl methyl sites for hydroxylation is 1.